The molecule has 0 aliphatic carbocycles. The fraction of sp³-hybridized carbons (Fsp3) is 0.847. The molecule has 1 atom stereocenters. The molecule has 65 heavy (non-hydrogen) atoms. The minimum absolute atomic E-state index is 0.0731. The number of hydrogen-bond acceptors (Lipinski definition) is 6. The SMILES string of the molecule is CCCCC/C=C\C/C=C\CCCCCCCCCCCC(=O)OC[C@@H](COC(=O)CCCCCCCCCCCCCCCC)OC(=O)CCCCCCC/C=C\CCCCCCC. The summed E-state index contributed by atoms with van der Waals surface area (Å²) >= 11 is 0. The van der Waals surface area contributed by atoms with Crippen LogP contribution in [0.4, 0.5) is 0 Å². The Kier molecular flexibility index (Phi) is 52.3. The average molecular weight is 914 g/mol. The fourth-order valence-electron chi connectivity index (χ4n) is 8.29. The lowest BCUT2D eigenvalue weighted by Crippen LogP contribution is -2.30. The minimum Gasteiger partial charge on any atom is -0.462 e. The molecule has 0 aromatic heterocycles. The third-order valence-corrected chi connectivity index (χ3v) is 12.6. The average Bonchev–Trinajstić information content (AvgIpc) is 3.30. The van der Waals surface area contributed by atoms with Crippen LogP contribution in [0.5, 0.6) is 0 Å². The van der Waals surface area contributed by atoms with Crippen LogP contribution in [0.1, 0.15) is 303 Å². The van der Waals surface area contributed by atoms with Gasteiger partial charge in [0.15, 0.2) is 6.10 Å². The molecule has 6 nitrogen and oxygen atoms in total. The van der Waals surface area contributed by atoms with Crippen LogP contribution in [0.15, 0.2) is 36.5 Å². The molecule has 0 saturated carbocycles. The lowest BCUT2D eigenvalue weighted by atomic mass is 10.0. The van der Waals surface area contributed by atoms with Crippen molar-refractivity contribution in [3.8, 4) is 0 Å². The second-order valence-electron chi connectivity index (χ2n) is 19.2. The van der Waals surface area contributed by atoms with Gasteiger partial charge in [0.1, 0.15) is 13.2 Å². The van der Waals surface area contributed by atoms with Crippen molar-refractivity contribution in [1.82, 2.24) is 0 Å². The summed E-state index contributed by atoms with van der Waals surface area (Å²) in [4.78, 5) is 38.1. The first kappa shape index (κ1) is 62.6. The van der Waals surface area contributed by atoms with Crippen LogP contribution in [-0.4, -0.2) is 37.2 Å². The predicted molar refractivity (Wildman–Crippen MR) is 279 cm³/mol. The maximum atomic E-state index is 12.8. The first-order valence-electron chi connectivity index (χ1n) is 28.5. The van der Waals surface area contributed by atoms with E-state index in [-0.39, 0.29) is 31.1 Å². The predicted octanol–water partition coefficient (Wildman–Crippen LogP) is 18.9. The summed E-state index contributed by atoms with van der Waals surface area (Å²) in [6.07, 6.45) is 64.1. The molecular weight excluding hydrogens is 805 g/mol. The second-order valence-corrected chi connectivity index (χ2v) is 19.2. The van der Waals surface area contributed by atoms with Gasteiger partial charge in [-0.3, -0.25) is 14.4 Å². The summed E-state index contributed by atoms with van der Waals surface area (Å²) in [5.41, 5.74) is 0. The highest BCUT2D eigenvalue weighted by atomic mass is 16.6. The normalized spacial score (nSPS) is 12.2. The zero-order valence-corrected chi connectivity index (χ0v) is 43.5. The van der Waals surface area contributed by atoms with E-state index in [0.29, 0.717) is 19.3 Å². The summed E-state index contributed by atoms with van der Waals surface area (Å²) in [5, 5.41) is 0. The van der Waals surface area contributed by atoms with E-state index >= 15 is 0 Å². The molecule has 0 amide bonds. The van der Waals surface area contributed by atoms with Gasteiger partial charge in [-0.2, -0.15) is 0 Å². The number of esters is 3. The monoisotopic (exact) mass is 913 g/mol. The minimum atomic E-state index is -0.775. The van der Waals surface area contributed by atoms with Crippen molar-refractivity contribution in [3.05, 3.63) is 36.5 Å². The molecule has 0 spiro atoms. The van der Waals surface area contributed by atoms with Gasteiger partial charge in [-0.1, -0.05) is 243 Å². The summed E-state index contributed by atoms with van der Waals surface area (Å²) in [6.45, 7) is 6.63. The van der Waals surface area contributed by atoms with E-state index in [1.807, 2.05) is 0 Å². The Labute approximate surface area is 404 Å². The molecule has 0 aliphatic heterocycles. The first-order chi connectivity index (χ1) is 32.0. The number of allylic oxidation sites excluding steroid dienone is 6. The Balaban J connectivity index is 4.33. The van der Waals surface area contributed by atoms with Crippen molar-refractivity contribution in [3.63, 3.8) is 0 Å². The lowest BCUT2D eigenvalue weighted by molar-refractivity contribution is -0.167. The van der Waals surface area contributed by atoms with Gasteiger partial charge in [0, 0.05) is 19.3 Å². The Hall–Kier alpha value is -2.37. The molecule has 380 valence electrons. The smallest absolute Gasteiger partial charge is 0.306 e. The van der Waals surface area contributed by atoms with Crippen LogP contribution in [0.2, 0.25) is 0 Å². The topological polar surface area (TPSA) is 78.9 Å². The standard InChI is InChI=1S/C59H108O6/c1-4-7-10-13-16-19-22-25-28-29-30-31-32-35-37-40-43-46-49-52-58(61)64-55-56(65-59(62)53-50-47-44-41-38-34-27-24-21-18-15-12-9-6-3)54-63-57(60)51-48-45-42-39-36-33-26-23-20-17-14-11-8-5-2/h16,19,24-25,27-28,56H,4-15,17-18,20-23,26,29-55H2,1-3H3/b19-16-,27-24-,28-25-/t56-/m1/s1. The third-order valence-electron chi connectivity index (χ3n) is 12.6. The molecule has 0 unspecified atom stereocenters. The molecule has 0 rings (SSSR count). The van der Waals surface area contributed by atoms with Crippen molar-refractivity contribution < 1.29 is 28.6 Å². The number of rotatable bonds is 52. The Bertz CT molecular complexity index is 1090. The van der Waals surface area contributed by atoms with Gasteiger partial charge >= 0.3 is 17.9 Å². The molecule has 0 bridgehead atoms. The molecule has 0 radical (unpaired) electrons. The molecule has 0 aliphatic rings. The number of ether oxygens (including phenoxy) is 3. The largest absolute Gasteiger partial charge is 0.462 e. The highest BCUT2D eigenvalue weighted by Gasteiger charge is 2.19. The van der Waals surface area contributed by atoms with E-state index in [1.54, 1.807) is 0 Å². The zero-order valence-electron chi connectivity index (χ0n) is 43.5. The summed E-state index contributed by atoms with van der Waals surface area (Å²) in [5.74, 6) is -0.870. The third kappa shape index (κ3) is 52.5. The molecule has 0 aromatic carbocycles. The van der Waals surface area contributed by atoms with E-state index in [0.717, 1.165) is 70.6 Å². The Morgan fingerprint density at radius 2 is 0.554 bits per heavy atom. The van der Waals surface area contributed by atoms with Crippen LogP contribution in [0.25, 0.3) is 0 Å². The Morgan fingerprint density at radius 3 is 0.892 bits per heavy atom. The molecular formula is C59H108O6. The van der Waals surface area contributed by atoms with Crippen molar-refractivity contribution in [2.75, 3.05) is 13.2 Å². The van der Waals surface area contributed by atoms with Gasteiger partial charge in [0.2, 0.25) is 0 Å². The maximum Gasteiger partial charge on any atom is 0.306 e. The summed E-state index contributed by atoms with van der Waals surface area (Å²) in [6, 6.07) is 0. The van der Waals surface area contributed by atoms with Crippen LogP contribution in [0.3, 0.4) is 0 Å². The van der Waals surface area contributed by atoms with Gasteiger partial charge < -0.3 is 14.2 Å². The van der Waals surface area contributed by atoms with Gasteiger partial charge in [0.05, 0.1) is 0 Å². The van der Waals surface area contributed by atoms with Crippen molar-refractivity contribution in [2.24, 2.45) is 0 Å². The number of carbonyl (C=O) groups is 3. The Morgan fingerprint density at radius 1 is 0.308 bits per heavy atom. The highest BCUT2D eigenvalue weighted by Crippen LogP contribution is 2.16. The van der Waals surface area contributed by atoms with Crippen molar-refractivity contribution >= 4 is 17.9 Å². The van der Waals surface area contributed by atoms with Crippen molar-refractivity contribution in [1.29, 1.82) is 0 Å². The van der Waals surface area contributed by atoms with Crippen LogP contribution >= 0.6 is 0 Å². The van der Waals surface area contributed by atoms with Crippen LogP contribution < -0.4 is 0 Å². The quantitative estimate of drug-likeness (QED) is 0.0262. The second kappa shape index (κ2) is 54.2. The van der Waals surface area contributed by atoms with E-state index in [9.17, 15) is 14.4 Å². The lowest BCUT2D eigenvalue weighted by Gasteiger charge is -2.18. The molecule has 0 aromatic rings. The van der Waals surface area contributed by atoms with E-state index in [1.165, 1.54) is 193 Å². The number of unbranched alkanes of at least 4 members (excludes halogenated alkanes) is 35. The van der Waals surface area contributed by atoms with Gasteiger partial charge in [-0.25, -0.2) is 0 Å². The van der Waals surface area contributed by atoms with Gasteiger partial charge in [-0.05, 0) is 77.0 Å². The fourth-order valence-corrected chi connectivity index (χ4v) is 8.29. The zero-order chi connectivity index (χ0) is 47.2. The van der Waals surface area contributed by atoms with Gasteiger partial charge in [-0.15, -0.1) is 0 Å². The van der Waals surface area contributed by atoms with E-state index < -0.39 is 6.10 Å². The van der Waals surface area contributed by atoms with Crippen LogP contribution in [-0.2, 0) is 28.6 Å². The number of carbonyl (C=O) groups excluding carboxylic acids is 3. The first-order valence-corrected chi connectivity index (χ1v) is 28.5. The molecule has 0 fully saturated rings. The molecule has 0 saturated heterocycles. The van der Waals surface area contributed by atoms with E-state index in [4.69, 9.17) is 14.2 Å². The van der Waals surface area contributed by atoms with E-state index in [2.05, 4.69) is 57.2 Å². The number of hydrogen-bond donors (Lipinski definition) is 0. The highest BCUT2D eigenvalue weighted by molar-refractivity contribution is 5.71. The van der Waals surface area contributed by atoms with Crippen molar-refractivity contribution in [2.45, 2.75) is 309 Å². The van der Waals surface area contributed by atoms with Crippen LogP contribution in [0, 0.1) is 0 Å². The molecule has 0 heterocycles. The molecule has 6 heteroatoms. The maximum absolute atomic E-state index is 12.8. The summed E-state index contributed by atoms with van der Waals surface area (Å²) in [7, 11) is 0. The van der Waals surface area contributed by atoms with Gasteiger partial charge in [0.25, 0.3) is 0 Å². The molecule has 0 N–H and O–H groups in total. The summed E-state index contributed by atoms with van der Waals surface area (Å²) < 4.78 is 16.9.